The molecular weight excluding hydrogens is 207 g/mol. The zero-order chi connectivity index (χ0) is 9.84. The fraction of sp³-hybridized carbons (Fsp3) is 0.100. The van der Waals surface area contributed by atoms with Gasteiger partial charge in [0.05, 0.1) is 15.6 Å². The van der Waals surface area contributed by atoms with Crippen molar-refractivity contribution in [1.82, 2.24) is 0 Å². The molecule has 0 N–H and O–H groups in total. The predicted molar refractivity (Wildman–Crippen MR) is 54.2 cm³/mol. The first-order chi connectivity index (χ1) is 6.16. The van der Waals surface area contributed by atoms with Crippen LogP contribution in [-0.4, -0.2) is 5.78 Å². The van der Waals surface area contributed by atoms with Crippen molar-refractivity contribution in [2.45, 2.75) is 6.92 Å². The molecule has 0 bridgehead atoms. The molecule has 0 aliphatic carbocycles. The Labute approximate surface area is 86.7 Å². The van der Waals surface area contributed by atoms with E-state index < -0.39 is 0 Å². The molecular formula is C10H6Cl2O. The van der Waals surface area contributed by atoms with Crippen LogP contribution in [0.1, 0.15) is 17.3 Å². The summed E-state index contributed by atoms with van der Waals surface area (Å²) in [6, 6.07) is 4.90. The van der Waals surface area contributed by atoms with E-state index in [9.17, 15) is 4.79 Å². The summed E-state index contributed by atoms with van der Waals surface area (Å²) >= 11 is 11.6. The van der Waals surface area contributed by atoms with Gasteiger partial charge < -0.3 is 0 Å². The first-order valence-electron chi connectivity index (χ1n) is 3.58. The van der Waals surface area contributed by atoms with Crippen LogP contribution in [0, 0.1) is 11.8 Å². The topological polar surface area (TPSA) is 17.1 Å². The van der Waals surface area contributed by atoms with Gasteiger partial charge in [-0.2, -0.15) is 0 Å². The van der Waals surface area contributed by atoms with Crippen molar-refractivity contribution in [3.63, 3.8) is 0 Å². The summed E-state index contributed by atoms with van der Waals surface area (Å²) in [6.07, 6.45) is 0. The highest BCUT2D eigenvalue weighted by molar-refractivity contribution is 6.41. The van der Waals surface area contributed by atoms with Crippen LogP contribution in [0.2, 0.25) is 10.0 Å². The SMILES string of the molecule is CC#CC(=O)c1c(Cl)cccc1Cl. The predicted octanol–water partition coefficient (Wildman–Crippen LogP) is 3.20. The van der Waals surface area contributed by atoms with Crippen molar-refractivity contribution in [2.24, 2.45) is 0 Å². The molecule has 66 valence electrons. The Morgan fingerprint density at radius 1 is 1.31 bits per heavy atom. The van der Waals surface area contributed by atoms with E-state index in [2.05, 4.69) is 11.8 Å². The molecule has 0 amide bonds. The fourth-order valence-corrected chi connectivity index (χ4v) is 1.46. The van der Waals surface area contributed by atoms with Crippen molar-refractivity contribution in [3.8, 4) is 11.8 Å². The van der Waals surface area contributed by atoms with Gasteiger partial charge in [-0.05, 0) is 25.0 Å². The quantitative estimate of drug-likeness (QED) is 0.397. The van der Waals surface area contributed by atoms with E-state index in [1.165, 1.54) is 0 Å². The number of benzene rings is 1. The van der Waals surface area contributed by atoms with E-state index in [-0.39, 0.29) is 11.3 Å². The lowest BCUT2D eigenvalue weighted by atomic mass is 10.1. The Hall–Kier alpha value is -0.970. The van der Waals surface area contributed by atoms with Crippen molar-refractivity contribution < 1.29 is 4.79 Å². The molecule has 0 aromatic heterocycles. The molecule has 0 radical (unpaired) electrons. The average Bonchev–Trinajstić information content (AvgIpc) is 2.04. The van der Waals surface area contributed by atoms with Gasteiger partial charge >= 0.3 is 0 Å². The Morgan fingerprint density at radius 3 is 2.31 bits per heavy atom. The van der Waals surface area contributed by atoms with E-state index in [0.29, 0.717) is 10.0 Å². The van der Waals surface area contributed by atoms with Crippen molar-refractivity contribution in [2.75, 3.05) is 0 Å². The van der Waals surface area contributed by atoms with Crippen molar-refractivity contribution >= 4 is 29.0 Å². The fourth-order valence-electron chi connectivity index (χ4n) is 0.891. The van der Waals surface area contributed by atoms with Crippen LogP contribution in [0.25, 0.3) is 0 Å². The third kappa shape index (κ3) is 2.24. The van der Waals surface area contributed by atoms with Gasteiger partial charge in [0.25, 0.3) is 0 Å². The standard InChI is InChI=1S/C10H6Cl2O/c1-2-4-9(13)10-7(11)5-3-6-8(10)12/h3,5-6H,1H3. The molecule has 13 heavy (non-hydrogen) atoms. The number of hydrogen-bond acceptors (Lipinski definition) is 1. The second-order valence-electron chi connectivity index (χ2n) is 2.30. The number of rotatable bonds is 1. The summed E-state index contributed by atoms with van der Waals surface area (Å²) in [5.41, 5.74) is 0.278. The summed E-state index contributed by atoms with van der Waals surface area (Å²) in [5.74, 6) is 4.54. The molecule has 1 aromatic rings. The summed E-state index contributed by atoms with van der Waals surface area (Å²) in [7, 11) is 0. The molecule has 0 saturated carbocycles. The van der Waals surface area contributed by atoms with Gasteiger partial charge in [-0.25, -0.2) is 0 Å². The van der Waals surface area contributed by atoms with E-state index in [4.69, 9.17) is 23.2 Å². The van der Waals surface area contributed by atoms with E-state index in [1.54, 1.807) is 25.1 Å². The van der Waals surface area contributed by atoms with Crippen molar-refractivity contribution in [1.29, 1.82) is 0 Å². The first kappa shape index (κ1) is 10.1. The molecule has 0 fully saturated rings. The molecule has 0 saturated heterocycles. The van der Waals surface area contributed by atoms with E-state index in [0.717, 1.165) is 0 Å². The summed E-state index contributed by atoms with van der Waals surface area (Å²) in [6.45, 7) is 1.59. The molecule has 1 rings (SSSR count). The maximum atomic E-state index is 11.3. The van der Waals surface area contributed by atoms with Crippen LogP contribution in [0.3, 0.4) is 0 Å². The second kappa shape index (κ2) is 4.32. The van der Waals surface area contributed by atoms with Gasteiger partial charge in [0.1, 0.15) is 0 Å². The van der Waals surface area contributed by atoms with Gasteiger partial charge in [0, 0.05) is 0 Å². The lowest BCUT2D eigenvalue weighted by Crippen LogP contribution is -1.97. The highest BCUT2D eigenvalue weighted by atomic mass is 35.5. The number of carbonyl (C=O) groups is 1. The Kier molecular flexibility index (Phi) is 3.36. The van der Waals surface area contributed by atoms with Crippen LogP contribution in [0.15, 0.2) is 18.2 Å². The second-order valence-corrected chi connectivity index (χ2v) is 3.12. The minimum atomic E-state index is -0.349. The normalized spacial score (nSPS) is 8.85. The maximum absolute atomic E-state index is 11.3. The molecule has 0 unspecified atom stereocenters. The Balaban J connectivity index is 3.25. The summed E-state index contributed by atoms with van der Waals surface area (Å²) in [5, 5.41) is 0.667. The highest BCUT2D eigenvalue weighted by Crippen LogP contribution is 2.24. The van der Waals surface area contributed by atoms with Crippen LogP contribution in [-0.2, 0) is 0 Å². The van der Waals surface area contributed by atoms with Gasteiger partial charge in [-0.15, -0.1) is 0 Å². The molecule has 1 nitrogen and oxygen atoms in total. The molecule has 0 heterocycles. The van der Waals surface area contributed by atoms with E-state index in [1.807, 2.05) is 0 Å². The third-order valence-corrected chi connectivity index (χ3v) is 2.06. The van der Waals surface area contributed by atoms with Crippen LogP contribution in [0.5, 0.6) is 0 Å². The lowest BCUT2D eigenvalue weighted by molar-refractivity contribution is 0.105. The zero-order valence-corrected chi connectivity index (χ0v) is 8.41. The molecule has 0 aliphatic heterocycles. The molecule has 0 atom stereocenters. The largest absolute Gasteiger partial charge is 0.279 e. The summed E-state index contributed by atoms with van der Waals surface area (Å²) in [4.78, 5) is 11.3. The summed E-state index contributed by atoms with van der Waals surface area (Å²) < 4.78 is 0. The minimum Gasteiger partial charge on any atom is -0.279 e. The van der Waals surface area contributed by atoms with Crippen molar-refractivity contribution in [3.05, 3.63) is 33.8 Å². The Morgan fingerprint density at radius 2 is 1.85 bits per heavy atom. The van der Waals surface area contributed by atoms with Gasteiger partial charge in [-0.1, -0.05) is 35.2 Å². The lowest BCUT2D eigenvalue weighted by Gasteiger charge is -1.99. The van der Waals surface area contributed by atoms with Crippen LogP contribution < -0.4 is 0 Å². The maximum Gasteiger partial charge on any atom is 0.238 e. The van der Waals surface area contributed by atoms with E-state index >= 15 is 0 Å². The Bertz CT molecular complexity index is 379. The number of halogens is 2. The zero-order valence-electron chi connectivity index (χ0n) is 6.90. The number of Topliss-reactive ketones (excluding diaryl/α,β-unsaturated/α-hetero) is 1. The van der Waals surface area contributed by atoms with Gasteiger partial charge in [0.2, 0.25) is 5.78 Å². The smallest absolute Gasteiger partial charge is 0.238 e. The average molecular weight is 213 g/mol. The monoisotopic (exact) mass is 212 g/mol. The molecule has 0 aliphatic rings. The van der Waals surface area contributed by atoms with Gasteiger partial charge in [0.15, 0.2) is 0 Å². The third-order valence-electron chi connectivity index (χ3n) is 1.43. The number of hydrogen-bond donors (Lipinski definition) is 0. The first-order valence-corrected chi connectivity index (χ1v) is 4.33. The van der Waals surface area contributed by atoms with Crippen LogP contribution >= 0.6 is 23.2 Å². The molecule has 0 spiro atoms. The van der Waals surface area contributed by atoms with Gasteiger partial charge in [-0.3, -0.25) is 4.79 Å². The number of ketones is 1. The number of carbonyl (C=O) groups excluding carboxylic acids is 1. The van der Waals surface area contributed by atoms with Crippen LogP contribution in [0.4, 0.5) is 0 Å². The molecule has 1 aromatic carbocycles. The highest BCUT2D eigenvalue weighted by Gasteiger charge is 2.11. The minimum absolute atomic E-state index is 0.278. The molecule has 3 heteroatoms.